The zero-order valence-corrected chi connectivity index (χ0v) is 41.5. The number of thiazole rings is 1. The van der Waals surface area contributed by atoms with Crippen molar-refractivity contribution in [3.05, 3.63) is 95.5 Å². The molecule has 58 heavy (non-hydrogen) atoms. The molecule has 1 radical (unpaired) electrons. The molecule has 3 aromatic heterocycles. The number of allylic oxidation sites excluding steroid dienone is 3. The number of nitrogens with two attached hydrogens (primary N) is 1. The van der Waals surface area contributed by atoms with Crippen LogP contribution in [0.1, 0.15) is 136 Å². The molecule has 4 heterocycles. The summed E-state index contributed by atoms with van der Waals surface area (Å²) in [6, 6.07) is 9.42. The first-order valence-electron chi connectivity index (χ1n) is 21.7. The summed E-state index contributed by atoms with van der Waals surface area (Å²) in [6.45, 7) is 39.0. The summed E-state index contributed by atoms with van der Waals surface area (Å²) in [7, 11) is 1.95. The molecule has 1 saturated heterocycles. The molecule has 5 rings (SSSR count). The van der Waals surface area contributed by atoms with E-state index in [1.807, 2.05) is 47.2 Å². The number of pyridine rings is 1. The molecule has 0 saturated carbocycles. The third-order valence-electron chi connectivity index (χ3n) is 10.4. The zero-order valence-electron chi connectivity index (χ0n) is 38.2. The van der Waals surface area contributed by atoms with Crippen LogP contribution < -0.4 is 16.4 Å². The Labute approximate surface area is 353 Å². The standard InChI is InChI=1S/C40H52N4S.C5H14N2.C3H7.C2H6.Es/c1-10-28(7)20-37-43-35(25-45-37)30-12-13-36-32(21-30)34(23-40(8,9)17-14-26(3)4)39(44(36)11-2)33-22-31(24-42-38(33)27(5)6)29-15-18-41-19-16-29;1-7-5-3-2-4-6;1-3-2;1-2;/h10,12-13,21-22,24-25,28-29,41H,1,3,5,11,14-20,23H2,2,4,6-9H3;7H,2-6H2,1H3;3H,1-2H3;1-2H3;/q;;-1;;. The van der Waals surface area contributed by atoms with Gasteiger partial charge in [-0.3, -0.25) is 4.98 Å². The summed E-state index contributed by atoms with van der Waals surface area (Å²) in [4.78, 5) is 10.2. The van der Waals surface area contributed by atoms with Gasteiger partial charge < -0.3 is 27.4 Å². The molecule has 4 aromatic rings. The van der Waals surface area contributed by atoms with Gasteiger partial charge in [-0.05, 0) is 151 Å². The Kier molecular flexibility index (Phi) is 23.7. The molecule has 1 aliphatic rings. The Balaban J connectivity index is 0.00000114. The normalized spacial score (nSPS) is 13.2. The molecule has 1 fully saturated rings. The number of nitrogens with zero attached hydrogens (tertiary/aromatic N) is 3. The van der Waals surface area contributed by atoms with Gasteiger partial charge >= 0.3 is 0 Å². The Bertz CT molecular complexity index is 1810. The van der Waals surface area contributed by atoms with E-state index >= 15 is 0 Å². The SMILES string of the molecule is C=CC(C)Cc1nc(-c2ccc3c(c2)c(CC(C)(C)CCC(=C)C)c(-c2cc(C4CCNCC4)cnc2C(=C)C)n3CC)cs1.CC.CNCCCCN.C[CH-]C.[Es]. The van der Waals surface area contributed by atoms with Gasteiger partial charge in [0.2, 0.25) is 0 Å². The monoisotopic (exact) mass is 1050 g/mol. The molecular formula is C50H79EsN6S-. The van der Waals surface area contributed by atoms with Gasteiger partial charge in [-0.1, -0.05) is 58.9 Å². The molecular weight excluding hydrogens is 969 g/mol. The molecule has 8 heteroatoms. The maximum absolute atomic E-state index is 5.24. The summed E-state index contributed by atoms with van der Waals surface area (Å²) >= 11 is 1.75. The molecule has 0 aliphatic carbocycles. The number of hydrogen-bond acceptors (Lipinski definition) is 6. The van der Waals surface area contributed by atoms with E-state index in [2.05, 4.69) is 112 Å². The zero-order chi connectivity index (χ0) is 42.5. The van der Waals surface area contributed by atoms with Crippen molar-refractivity contribution in [3.8, 4) is 22.5 Å². The van der Waals surface area contributed by atoms with Crippen LogP contribution in [0.15, 0.2) is 67.2 Å². The Hall–Kier alpha value is -4.36. The predicted molar refractivity (Wildman–Crippen MR) is 255 cm³/mol. The number of nitrogens with one attached hydrogen (secondary N) is 2. The van der Waals surface area contributed by atoms with Crippen molar-refractivity contribution in [1.82, 2.24) is 25.2 Å². The molecule has 0 bridgehead atoms. The number of fused-ring (bicyclic) bond motifs is 1. The summed E-state index contributed by atoms with van der Waals surface area (Å²) in [6.07, 6.45) is 14.8. The Morgan fingerprint density at radius 2 is 1.81 bits per heavy atom. The first kappa shape index (κ1) is 51.7. The van der Waals surface area contributed by atoms with E-state index < -0.39 is 0 Å². The smallest absolute Gasteiger partial charge is 0.0938 e. The van der Waals surface area contributed by atoms with Gasteiger partial charge in [-0.2, -0.15) is 13.8 Å². The molecule has 1 aliphatic heterocycles. The number of rotatable bonds is 17. The second-order valence-corrected chi connectivity index (χ2v) is 17.2. The Morgan fingerprint density at radius 1 is 1.14 bits per heavy atom. The van der Waals surface area contributed by atoms with Crippen molar-refractivity contribution in [1.29, 1.82) is 0 Å². The molecule has 1 unspecified atom stereocenters. The van der Waals surface area contributed by atoms with Crippen LogP contribution >= 0.6 is 11.3 Å². The fourth-order valence-electron chi connectivity index (χ4n) is 7.24. The van der Waals surface area contributed by atoms with Gasteiger partial charge in [0.25, 0.3) is 0 Å². The topological polar surface area (TPSA) is 80.8 Å². The van der Waals surface area contributed by atoms with Crippen molar-refractivity contribution < 1.29 is 0 Å². The van der Waals surface area contributed by atoms with Gasteiger partial charge in [0.15, 0.2) is 0 Å². The largest absolute Gasteiger partial charge is 0.340 e. The maximum Gasteiger partial charge on any atom is 0.0938 e. The van der Waals surface area contributed by atoms with Crippen molar-refractivity contribution in [2.24, 2.45) is 17.1 Å². The summed E-state index contributed by atoms with van der Waals surface area (Å²) < 4.78 is 2.52. The molecule has 0 amide bonds. The van der Waals surface area contributed by atoms with E-state index in [1.54, 1.807) is 11.3 Å². The third-order valence-corrected chi connectivity index (χ3v) is 11.2. The molecule has 1 atom stereocenters. The number of piperidine rings is 1. The van der Waals surface area contributed by atoms with Crippen molar-refractivity contribution >= 4 is 27.8 Å². The summed E-state index contributed by atoms with van der Waals surface area (Å²) in [5.74, 6) is 0.943. The van der Waals surface area contributed by atoms with Gasteiger partial charge in [0.1, 0.15) is 0 Å². The Morgan fingerprint density at radius 3 is 2.38 bits per heavy atom. The number of benzene rings is 1. The van der Waals surface area contributed by atoms with Crippen molar-refractivity contribution in [2.45, 2.75) is 133 Å². The van der Waals surface area contributed by atoms with E-state index in [0.29, 0.717) is 11.8 Å². The first-order valence-corrected chi connectivity index (χ1v) is 22.5. The van der Waals surface area contributed by atoms with Crippen LogP contribution in [-0.2, 0) is 19.4 Å². The van der Waals surface area contributed by atoms with Gasteiger partial charge in [0, 0.05) is 46.6 Å². The second-order valence-electron chi connectivity index (χ2n) is 16.3. The van der Waals surface area contributed by atoms with Crippen LogP contribution in [0.4, 0.5) is 0 Å². The number of aromatic nitrogens is 3. The molecule has 1 aromatic carbocycles. The van der Waals surface area contributed by atoms with Crippen LogP contribution in [0.3, 0.4) is 0 Å². The average molecular weight is 1050 g/mol. The number of aryl methyl sites for hydroxylation is 1. The first-order chi connectivity index (χ1) is 27.3. The minimum Gasteiger partial charge on any atom is -0.340 e. The number of hydrogen-bond donors (Lipinski definition) is 3. The van der Waals surface area contributed by atoms with Gasteiger partial charge in [-0.15, -0.1) is 24.5 Å². The van der Waals surface area contributed by atoms with E-state index in [9.17, 15) is 0 Å². The van der Waals surface area contributed by atoms with E-state index in [1.165, 1.54) is 50.8 Å². The average Bonchev–Trinajstić information content (AvgIpc) is 3.80. The van der Waals surface area contributed by atoms with Crippen LogP contribution in [-0.4, -0.2) is 47.8 Å². The van der Waals surface area contributed by atoms with Gasteiger partial charge in [-0.25, -0.2) is 4.98 Å². The van der Waals surface area contributed by atoms with E-state index in [0.717, 1.165) is 99.6 Å². The maximum atomic E-state index is 5.24. The van der Waals surface area contributed by atoms with Crippen LogP contribution in [0.25, 0.3) is 39.0 Å². The summed E-state index contributed by atoms with van der Waals surface area (Å²) in [5, 5.41) is 11.3. The minimum absolute atomic E-state index is 0. The molecule has 6 nitrogen and oxygen atoms in total. The fraction of sp³-hybridized carbons (Fsp3) is 0.540. The van der Waals surface area contributed by atoms with Crippen LogP contribution in [0, 0.1) is 17.8 Å². The van der Waals surface area contributed by atoms with Crippen LogP contribution in [0.2, 0.25) is 0 Å². The quantitative estimate of drug-likeness (QED) is 0.0558. The second kappa shape index (κ2) is 26.6. The fourth-order valence-corrected chi connectivity index (χ4v) is 8.19. The minimum atomic E-state index is 0. The third kappa shape index (κ3) is 15.1. The molecule has 0 spiro atoms. The summed E-state index contributed by atoms with van der Waals surface area (Å²) in [5.41, 5.74) is 17.4. The van der Waals surface area contributed by atoms with E-state index in [-0.39, 0.29) is 5.41 Å². The van der Waals surface area contributed by atoms with Crippen molar-refractivity contribution in [3.63, 3.8) is 0 Å². The molecule has 4 N–H and O–H groups in total. The van der Waals surface area contributed by atoms with E-state index in [4.69, 9.17) is 15.7 Å². The predicted octanol–water partition coefficient (Wildman–Crippen LogP) is 12.8. The van der Waals surface area contributed by atoms with Gasteiger partial charge in [0.05, 0.1) is 22.1 Å². The molecule has 327 valence electrons. The van der Waals surface area contributed by atoms with Crippen molar-refractivity contribution in [2.75, 3.05) is 33.2 Å². The van der Waals surface area contributed by atoms with Crippen LogP contribution in [0.5, 0.6) is 0 Å². The number of unbranched alkanes of at least 4 members (excludes halogenated alkanes) is 1.